The molecule has 0 saturated heterocycles. The second-order valence-corrected chi connectivity index (χ2v) is 6.06. The Morgan fingerprint density at radius 2 is 1.95 bits per heavy atom. The summed E-state index contributed by atoms with van der Waals surface area (Å²) >= 11 is 0. The fraction of sp³-hybridized carbons (Fsp3) is 0.562. The monoisotopic (exact) mass is 260 g/mol. The fourth-order valence-electron chi connectivity index (χ4n) is 3.88. The second-order valence-electron chi connectivity index (χ2n) is 6.06. The number of carbonyl (C=O) groups is 1. The molecule has 0 amide bonds. The van der Waals surface area contributed by atoms with Gasteiger partial charge in [0.2, 0.25) is 0 Å². The normalized spacial score (nSPS) is 32.1. The van der Waals surface area contributed by atoms with E-state index in [4.69, 9.17) is 9.47 Å². The molecule has 1 aromatic rings. The van der Waals surface area contributed by atoms with Crippen LogP contribution in [0.5, 0.6) is 11.5 Å². The van der Waals surface area contributed by atoms with E-state index in [1.165, 1.54) is 0 Å². The molecule has 0 radical (unpaired) electrons. The van der Waals surface area contributed by atoms with Gasteiger partial charge in [0.25, 0.3) is 0 Å². The van der Waals surface area contributed by atoms with Gasteiger partial charge in [0.1, 0.15) is 5.78 Å². The summed E-state index contributed by atoms with van der Waals surface area (Å²) in [5, 5.41) is 0. The highest BCUT2D eigenvalue weighted by Gasteiger charge is 2.73. The van der Waals surface area contributed by atoms with Gasteiger partial charge in [-0.05, 0) is 31.4 Å². The summed E-state index contributed by atoms with van der Waals surface area (Å²) < 4.78 is 11.0. The van der Waals surface area contributed by atoms with Crippen LogP contribution in [0.15, 0.2) is 12.1 Å². The SMILES string of the molecule is COc1cc(C)cc([C@@]23CCC(=O)[C@]2(C)C3)c1OC. The van der Waals surface area contributed by atoms with Crippen molar-refractivity contribution in [1.82, 2.24) is 0 Å². The Bertz CT molecular complexity index is 559. The Hall–Kier alpha value is -1.51. The topological polar surface area (TPSA) is 35.5 Å². The molecule has 0 aliphatic heterocycles. The average Bonchev–Trinajstić information content (AvgIpc) is 2.95. The number of Topliss-reactive ketones (excluding diaryl/α,β-unsaturated/α-hetero) is 1. The molecule has 0 bridgehead atoms. The van der Waals surface area contributed by atoms with Gasteiger partial charge < -0.3 is 9.47 Å². The lowest BCUT2D eigenvalue weighted by Crippen LogP contribution is -2.15. The third kappa shape index (κ3) is 1.41. The lowest BCUT2D eigenvalue weighted by atomic mass is 9.87. The standard InChI is InChI=1S/C16H20O3/c1-10-7-11(14(19-4)12(8-10)18-3)16-6-5-13(17)15(16,2)9-16/h7-8H,5-6,9H2,1-4H3/t15-,16-/m0/s1. The van der Waals surface area contributed by atoms with E-state index >= 15 is 0 Å². The molecule has 0 heterocycles. The van der Waals surface area contributed by atoms with Gasteiger partial charge in [-0.2, -0.15) is 0 Å². The molecule has 3 nitrogen and oxygen atoms in total. The minimum absolute atomic E-state index is 0.0191. The molecule has 0 aromatic heterocycles. The van der Waals surface area contributed by atoms with Gasteiger partial charge in [-0.15, -0.1) is 0 Å². The molecule has 2 aliphatic carbocycles. The second kappa shape index (κ2) is 3.75. The average molecular weight is 260 g/mol. The van der Waals surface area contributed by atoms with E-state index in [-0.39, 0.29) is 10.8 Å². The number of ether oxygens (including phenoxy) is 2. The summed E-state index contributed by atoms with van der Waals surface area (Å²) in [6.45, 7) is 4.15. The van der Waals surface area contributed by atoms with Crippen LogP contribution < -0.4 is 9.47 Å². The van der Waals surface area contributed by atoms with Gasteiger partial charge in [-0.1, -0.05) is 13.0 Å². The maximum atomic E-state index is 12.1. The molecule has 2 fully saturated rings. The first-order valence-electron chi connectivity index (χ1n) is 6.75. The lowest BCUT2D eigenvalue weighted by Gasteiger charge is -2.21. The Morgan fingerprint density at radius 3 is 2.42 bits per heavy atom. The Balaban J connectivity index is 2.17. The number of hydrogen-bond acceptors (Lipinski definition) is 3. The molecule has 0 N–H and O–H groups in total. The van der Waals surface area contributed by atoms with Crippen LogP contribution >= 0.6 is 0 Å². The van der Waals surface area contributed by atoms with Crippen LogP contribution in [0, 0.1) is 12.3 Å². The van der Waals surface area contributed by atoms with Crippen LogP contribution in [0.2, 0.25) is 0 Å². The van der Waals surface area contributed by atoms with Crippen molar-refractivity contribution in [2.75, 3.05) is 14.2 Å². The van der Waals surface area contributed by atoms with Gasteiger partial charge in [-0.25, -0.2) is 0 Å². The molecule has 1 aromatic carbocycles. The van der Waals surface area contributed by atoms with Crippen LogP contribution in [0.3, 0.4) is 0 Å². The Morgan fingerprint density at radius 1 is 1.21 bits per heavy atom. The number of benzene rings is 1. The highest BCUT2D eigenvalue weighted by atomic mass is 16.5. The lowest BCUT2D eigenvalue weighted by molar-refractivity contribution is -0.122. The molecule has 2 atom stereocenters. The van der Waals surface area contributed by atoms with E-state index in [1.807, 2.05) is 6.07 Å². The van der Waals surface area contributed by atoms with Gasteiger partial charge in [0, 0.05) is 22.8 Å². The van der Waals surface area contributed by atoms with Crippen molar-refractivity contribution in [3.63, 3.8) is 0 Å². The maximum Gasteiger partial charge on any atom is 0.164 e. The van der Waals surface area contributed by atoms with E-state index in [2.05, 4.69) is 19.9 Å². The maximum absolute atomic E-state index is 12.1. The third-order valence-corrected chi connectivity index (χ3v) is 5.12. The van der Waals surface area contributed by atoms with Crippen molar-refractivity contribution in [1.29, 1.82) is 0 Å². The van der Waals surface area contributed by atoms with Crippen molar-refractivity contribution < 1.29 is 14.3 Å². The van der Waals surface area contributed by atoms with E-state index in [1.54, 1.807) is 14.2 Å². The van der Waals surface area contributed by atoms with E-state index in [0.29, 0.717) is 12.2 Å². The van der Waals surface area contributed by atoms with Crippen molar-refractivity contribution >= 4 is 5.78 Å². The fourth-order valence-corrected chi connectivity index (χ4v) is 3.88. The summed E-state index contributed by atoms with van der Waals surface area (Å²) in [6, 6.07) is 4.14. The molecule has 0 spiro atoms. The van der Waals surface area contributed by atoms with Crippen molar-refractivity contribution in [2.45, 2.75) is 38.5 Å². The van der Waals surface area contributed by atoms with E-state index in [9.17, 15) is 4.79 Å². The van der Waals surface area contributed by atoms with Gasteiger partial charge in [0.05, 0.1) is 14.2 Å². The zero-order chi connectivity index (χ0) is 13.8. The number of ketones is 1. The van der Waals surface area contributed by atoms with Crippen LogP contribution in [-0.2, 0) is 10.2 Å². The van der Waals surface area contributed by atoms with Crippen LogP contribution in [0.25, 0.3) is 0 Å². The molecule has 102 valence electrons. The Labute approximate surface area is 113 Å². The third-order valence-electron chi connectivity index (χ3n) is 5.12. The first-order valence-corrected chi connectivity index (χ1v) is 6.75. The van der Waals surface area contributed by atoms with Gasteiger partial charge in [0.15, 0.2) is 11.5 Å². The summed E-state index contributed by atoms with van der Waals surface area (Å²) in [6.07, 6.45) is 2.57. The summed E-state index contributed by atoms with van der Waals surface area (Å²) in [7, 11) is 3.33. The molecule has 0 unspecified atom stereocenters. The minimum atomic E-state index is -0.181. The predicted octanol–water partition coefficient (Wildman–Crippen LogP) is 3.02. The first kappa shape index (κ1) is 12.5. The number of aryl methyl sites for hydroxylation is 1. The van der Waals surface area contributed by atoms with Crippen LogP contribution in [0.1, 0.15) is 37.3 Å². The van der Waals surface area contributed by atoms with Gasteiger partial charge in [-0.3, -0.25) is 4.79 Å². The summed E-state index contributed by atoms with van der Waals surface area (Å²) in [5.74, 6) is 1.96. The van der Waals surface area contributed by atoms with E-state index < -0.39 is 0 Å². The molecular formula is C16H20O3. The highest BCUT2D eigenvalue weighted by molar-refractivity contribution is 5.94. The molecule has 2 aliphatic rings. The molecule has 19 heavy (non-hydrogen) atoms. The van der Waals surface area contributed by atoms with E-state index in [0.717, 1.165) is 35.5 Å². The summed E-state index contributed by atoms with van der Waals surface area (Å²) in [4.78, 5) is 12.1. The highest BCUT2D eigenvalue weighted by Crippen LogP contribution is 2.73. The number of hydrogen-bond donors (Lipinski definition) is 0. The smallest absolute Gasteiger partial charge is 0.164 e. The van der Waals surface area contributed by atoms with Crippen LogP contribution in [-0.4, -0.2) is 20.0 Å². The number of carbonyl (C=O) groups excluding carboxylic acids is 1. The molecular weight excluding hydrogens is 240 g/mol. The Kier molecular flexibility index (Phi) is 2.47. The van der Waals surface area contributed by atoms with Crippen LogP contribution in [0.4, 0.5) is 0 Å². The summed E-state index contributed by atoms with van der Waals surface area (Å²) in [5.41, 5.74) is 2.10. The zero-order valence-electron chi connectivity index (χ0n) is 12.0. The van der Waals surface area contributed by atoms with Crippen molar-refractivity contribution in [3.05, 3.63) is 23.3 Å². The number of rotatable bonds is 3. The number of methoxy groups -OCH3 is 2. The van der Waals surface area contributed by atoms with Crippen molar-refractivity contribution in [3.8, 4) is 11.5 Å². The predicted molar refractivity (Wildman–Crippen MR) is 72.9 cm³/mol. The molecule has 3 heteroatoms. The zero-order valence-corrected chi connectivity index (χ0v) is 12.0. The quantitative estimate of drug-likeness (QED) is 0.838. The molecule has 3 rings (SSSR count). The largest absolute Gasteiger partial charge is 0.493 e. The van der Waals surface area contributed by atoms with Crippen molar-refractivity contribution in [2.24, 2.45) is 5.41 Å². The number of fused-ring (bicyclic) bond motifs is 1. The molecule has 2 saturated carbocycles. The minimum Gasteiger partial charge on any atom is -0.493 e. The van der Waals surface area contributed by atoms with Gasteiger partial charge >= 0.3 is 0 Å². The first-order chi connectivity index (χ1) is 8.98.